The van der Waals surface area contributed by atoms with Crippen molar-refractivity contribution in [3.63, 3.8) is 0 Å². The van der Waals surface area contributed by atoms with Gasteiger partial charge < -0.3 is 0 Å². The van der Waals surface area contributed by atoms with Gasteiger partial charge in [0.15, 0.2) is 3.79 Å². The minimum Gasteiger partial charge on any atom is -0.0847 e. The van der Waals surface area contributed by atoms with E-state index in [1.165, 1.54) is 19.3 Å². The maximum Gasteiger partial charge on any atom is 0.196 e. The number of hydrogen-bond acceptors (Lipinski definition) is 0. The molecule has 2 atom stereocenters. The molecule has 0 aromatic carbocycles. The molecule has 4 bridgehead atoms. The third-order valence-electron chi connectivity index (χ3n) is 4.48. The Morgan fingerprint density at radius 3 is 2.00 bits per heavy atom. The first-order chi connectivity index (χ1) is 5.93. The number of halogens is 4. The average Bonchev–Trinajstić information content (AvgIpc) is 1.99. The molecule has 0 heterocycles. The van der Waals surface area contributed by atoms with Crippen LogP contribution in [0.15, 0.2) is 0 Å². The summed E-state index contributed by atoms with van der Waals surface area (Å²) in [6.45, 7) is 0. The lowest BCUT2D eigenvalue weighted by molar-refractivity contribution is -0.252. The highest BCUT2D eigenvalue weighted by Gasteiger charge is 2.86. The lowest BCUT2D eigenvalue weighted by atomic mass is 9.28. The molecule has 0 N–H and O–H groups in total. The predicted octanol–water partition coefficient (Wildman–Crippen LogP) is 4.31. The van der Waals surface area contributed by atoms with E-state index in [4.69, 9.17) is 34.8 Å². The minimum atomic E-state index is -1.04. The van der Waals surface area contributed by atoms with Crippen LogP contribution >= 0.6 is 50.7 Å². The van der Waals surface area contributed by atoms with Crippen molar-refractivity contribution in [2.75, 3.05) is 0 Å². The molecule has 4 fully saturated rings. The maximum atomic E-state index is 6.09. The Morgan fingerprint density at radius 2 is 1.69 bits per heavy atom. The summed E-state index contributed by atoms with van der Waals surface area (Å²) in [5.74, 6) is 1.23. The molecule has 0 radical (unpaired) electrons. The van der Waals surface area contributed by atoms with Gasteiger partial charge in [-0.1, -0.05) is 57.2 Å². The maximum absolute atomic E-state index is 6.09. The van der Waals surface area contributed by atoms with E-state index in [-0.39, 0.29) is 5.41 Å². The molecule has 0 spiro atoms. The van der Waals surface area contributed by atoms with Gasteiger partial charge in [0.25, 0.3) is 0 Å². The van der Waals surface area contributed by atoms with Gasteiger partial charge in [-0.2, -0.15) is 0 Å². The second-order valence-electron chi connectivity index (χ2n) is 4.68. The molecule has 0 aliphatic heterocycles. The summed E-state index contributed by atoms with van der Waals surface area (Å²) in [7, 11) is 0. The third-order valence-corrected chi connectivity index (χ3v) is 6.92. The van der Waals surface area contributed by atoms with Gasteiger partial charge >= 0.3 is 0 Å². The highest BCUT2D eigenvalue weighted by Crippen LogP contribution is 2.88. The van der Waals surface area contributed by atoms with E-state index >= 15 is 0 Å². The Morgan fingerprint density at radius 1 is 1.15 bits per heavy atom. The van der Waals surface area contributed by atoms with Crippen molar-refractivity contribution in [2.45, 2.75) is 33.8 Å². The van der Waals surface area contributed by atoms with Gasteiger partial charge in [-0.05, 0) is 31.1 Å². The van der Waals surface area contributed by atoms with Crippen LogP contribution in [0.3, 0.4) is 0 Å². The molecule has 4 rings (SSSR count). The SMILES string of the molecule is ClC(Cl)(Cl)C12CC3(Br)C1CCCC32. The van der Waals surface area contributed by atoms with Crippen LogP contribution < -0.4 is 0 Å². The van der Waals surface area contributed by atoms with Crippen molar-refractivity contribution in [1.82, 2.24) is 0 Å². The summed E-state index contributed by atoms with van der Waals surface area (Å²) in [6, 6.07) is 0. The lowest BCUT2D eigenvalue weighted by Crippen LogP contribution is -2.84. The van der Waals surface area contributed by atoms with Crippen molar-refractivity contribution in [3.05, 3.63) is 0 Å². The Kier molecular flexibility index (Phi) is 1.74. The fraction of sp³-hybridized carbons (Fsp3) is 1.00. The van der Waals surface area contributed by atoms with Crippen LogP contribution in [0.25, 0.3) is 0 Å². The molecule has 0 aromatic rings. The Bertz CT molecular complexity index is 259. The molecular weight excluding hydrogens is 294 g/mol. The van der Waals surface area contributed by atoms with Gasteiger partial charge in [0.1, 0.15) is 0 Å². The first-order valence-corrected chi connectivity index (χ1v) is 6.61. The Balaban J connectivity index is 1.98. The fourth-order valence-corrected chi connectivity index (χ4v) is 6.67. The van der Waals surface area contributed by atoms with Crippen LogP contribution in [0.4, 0.5) is 0 Å². The summed E-state index contributed by atoms with van der Waals surface area (Å²) in [5, 5.41) is 0. The number of alkyl halides is 4. The van der Waals surface area contributed by atoms with Crippen LogP contribution in [0.5, 0.6) is 0 Å². The monoisotopic (exact) mass is 302 g/mol. The van der Waals surface area contributed by atoms with E-state index in [1.54, 1.807) is 0 Å². The molecule has 0 aromatic heterocycles. The molecule has 0 nitrogen and oxygen atoms in total. The first kappa shape index (κ1) is 9.57. The Labute approximate surface area is 101 Å². The van der Waals surface area contributed by atoms with Gasteiger partial charge in [0.2, 0.25) is 0 Å². The van der Waals surface area contributed by atoms with Crippen LogP contribution in [0.1, 0.15) is 25.7 Å². The quantitative estimate of drug-likeness (QED) is 0.585. The number of hydrogen-bond donors (Lipinski definition) is 0. The molecule has 74 valence electrons. The summed E-state index contributed by atoms with van der Waals surface area (Å²) in [5.41, 5.74) is 0.0272. The summed E-state index contributed by atoms with van der Waals surface area (Å²) in [4.78, 5) is 0. The molecule has 4 aliphatic rings. The van der Waals surface area contributed by atoms with Crippen LogP contribution in [0, 0.1) is 17.3 Å². The van der Waals surface area contributed by atoms with Gasteiger partial charge in [0.05, 0.1) is 0 Å². The molecule has 0 saturated heterocycles. The van der Waals surface area contributed by atoms with Crippen LogP contribution in [-0.2, 0) is 0 Å². The van der Waals surface area contributed by atoms with E-state index in [0.29, 0.717) is 16.2 Å². The molecule has 0 amide bonds. The number of rotatable bonds is 0. The highest BCUT2D eigenvalue weighted by molar-refractivity contribution is 9.10. The van der Waals surface area contributed by atoms with Crippen LogP contribution in [0.2, 0.25) is 0 Å². The van der Waals surface area contributed by atoms with E-state index in [1.807, 2.05) is 0 Å². The van der Waals surface area contributed by atoms with Gasteiger partial charge in [-0.3, -0.25) is 0 Å². The molecule has 4 aliphatic carbocycles. The molecular formula is C9H10BrCl3. The van der Waals surface area contributed by atoms with Crippen molar-refractivity contribution in [3.8, 4) is 0 Å². The van der Waals surface area contributed by atoms with Gasteiger partial charge in [-0.25, -0.2) is 0 Å². The van der Waals surface area contributed by atoms with E-state index in [2.05, 4.69) is 15.9 Å². The van der Waals surface area contributed by atoms with Crippen LogP contribution in [-0.4, -0.2) is 8.12 Å². The van der Waals surface area contributed by atoms with Crippen molar-refractivity contribution >= 4 is 50.7 Å². The van der Waals surface area contributed by atoms with E-state index in [0.717, 1.165) is 6.42 Å². The zero-order valence-electron chi connectivity index (χ0n) is 6.99. The zero-order valence-corrected chi connectivity index (χ0v) is 10.8. The molecule has 13 heavy (non-hydrogen) atoms. The van der Waals surface area contributed by atoms with Crippen molar-refractivity contribution < 1.29 is 0 Å². The largest absolute Gasteiger partial charge is 0.196 e. The van der Waals surface area contributed by atoms with Gasteiger partial charge in [-0.15, -0.1) is 0 Å². The average molecular weight is 304 g/mol. The van der Waals surface area contributed by atoms with E-state index < -0.39 is 3.79 Å². The smallest absolute Gasteiger partial charge is 0.0847 e. The zero-order chi connectivity index (χ0) is 9.48. The van der Waals surface area contributed by atoms with E-state index in [9.17, 15) is 0 Å². The first-order valence-electron chi connectivity index (χ1n) is 4.68. The summed E-state index contributed by atoms with van der Waals surface area (Å²) >= 11 is 22.1. The lowest BCUT2D eigenvalue weighted by Gasteiger charge is -2.83. The standard InChI is InChI=1S/C9H10BrCl3/c10-8-4-7(9(11,12)13)5(8)2-1-3-6(7)8/h5-6H,1-4H2. The minimum absolute atomic E-state index is 0.0272. The Hall–Kier alpha value is 1.35. The molecule has 2 unspecified atom stereocenters. The topological polar surface area (TPSA) is 0 Å². The van der Waals surface area contributed by atoms with Crippen molar-refractivity contribution in [1.29, 1.82) is 0 Å². The predicted molar refractivity (Wildman–Crippen MR) is 59.8 cm³/mol. The summed E-state index contributed by atoms with van der Waals surface area (Å²) < 4.78 is -0.687. The van der Waals surface area contributed by atoms with Gasteiger partial charge in [0, 0.05) is 9.74 Å². The fourth-order valence-electron chi connectivity index (χ4n) is 3.94. The third kappa shape index (κ3) is 0.801. The van der Waals surface area contributed by atoms with Crippen molar-refractivity contribution in [2.24, 2.45) is 17.3 Å². The molecule has 4 heteroatoms. The molecule has 4 saturated carbocycles. The highest BCUT2D eigenvalue weighted by atomic mass is 79.9. The summed E-state index contributed by atoms with van der Waals surface area (Å²) in [6.07, 6.45) is 4.84. The second kappa shape index (κ2) is 2.36. The normalized spacial score (nSPS) is 58.2. The second-order valence-corrected chi connectivity index (χ2v) is 8.44.